The van der Waals surface area contributed by atoms with Crippen molar-refractivity contribution >= 4 is 23.0 Å². The van der Waals surface area contributed by atoms with Crippen LogP contribution in [0.5, 0.6) is 40.2 Å². The average Bonchev–Trinajstić information content (AvgIpc) is 3.29. The Balaban J connectivity index is 0.00000741. The van der Waals surface area contributed by atoms with Crippen LogP contribution in [0.25, 0.3) is 28.4 Å². The number of fused-ring (bicyclic) bond motifs is 1. The van der Waals surface area contributed by atoms with E-state index in [2.05, 4.69) is 0 Å². The van der Waals surface area contributed by atoms with Gasteiger partial charge in [0, 0.05) is 30.3 Å². The Morgan fingerprint density at radius 2 is 1.30 bits per heavy atom. The van der Waals surface area contributed by atoms with E-state index in [4.69, 9.17) is 42.3 Å². The summed E-state index contributed by atoms with van der Waals surface area (Å²) in [7, 11) is 1.20. The molecule has 4 heterocycles. The molecule has 0 amide bonds. The number of halogens is 1. The number of aliphatic hydroxyl groups excluding tert-OH is 9. The molecule has 3 aliphatic heterocycles. The molecule has 3 saturated heterocycles. The van der Waals surface area contributed by atoms with Crippen LogP contribution in [0.2, 0.25) is 0 Å². The molecule has 0 aliphatic carbocycles. The Kier molecular flexibility index (Phi) is 16.2. The summed E-state index contributed by atoms with van der Waals surface area (Å²) in [6.45, 7) is -0.0302. The van der Waals surface area contributed by atoms with Crippen molar-refractivity contribution in [2.24, 2.45) is 0 Å². The second-order valence-corrected chi connectivity index (χ2v) is 15.6. The Hall–Kier alpha value is -5.35. The number of phenols is 4. The van der Waals surface area contributed by atoms with Crippen molar-refractivity contribution in [2.45, 2.75) is 99.0 Å². The van der Waals surface area contributed by atoms with Gasteiger partial charge in [0.15, 0.2) is 23.9 Å². The predicted octanol–water partition coefficient (Wildman–Crippen LogP) is -4.31. The predicted molar refractivity (Wildman–Crippen MR) is 219 cm³/mol. The number of hydrogen-bond acceptors (Lipinski definition) is 22. The highest BCUT2D eigenvalue weighted by molar-refractivity contribution is 5.89. The third kappa shape index (κ3) is 10.9. The molecular weight excluding hydrogens is 920 g/mol. The first-order valence-corrected chi connectivity index (χ1v) is 20.3. The van der Waals surface area contributed by atoms with Gasteiger partial charge < -0.3 is 117 Å². The minimum atomic E-state index is -2.01. The van der Waals surface area contributed by atoms with Crippen LogP contribution in [0, 0.1) is 0 Å². The van der Waals surface area contributed by atoms with Crippen LogP contribution < -0.4 is 26.6 Å². The van der Waals surface area contributed by atoms with Crippen LogP contribution in [0.15, 0.2) is 65.1 Å². The zero-order valence-electron chi connectivity index (χ0n) is 35.2. The molecule has 3 aliphatic rings. The summed E-state index contributed by atoms with van der Waals surface area (Å²) in [5.41, 5.74) is 0.350. The second kappa shape index (κ2) is 21.3. The lowest BCUT2D eigenvalue weighted by atomic mass is 9.98. The summed E-state index contributed by atoms with van der Waals surface area (Å²) in [6, 6.07) is 11.6. The third-order valence-corrected chi connectivity index (χ3v) is 11.1. The molecule has 0 unspecified atom stereocenters. The Bertz CT molecular complexity index is 2370. The first kappa shape index (κ1) is 51.0. The van der Waals surface area contributed by atoms with Gasteiger partial charge in [0.2, 0.25) is 24.1 Å². The van der Waals surface area contributed by atoms with Gasteiger partial charge in [-0.25, -0.2) is 9.21 Å². The lowest BCUT2D eigenvalue weighted by Crippen LogP contribution is -3.00. The summed E-state index contributed by atoms with van der Waals surface area (Å²) in [5.74, 6) is -3.85. The molecule has 1 aromatic heterocycles. The Morgan fingerprint density at radius 3 is 1.94 bits per heavy atom. The van der Waals surface area contributed by atoms with E-state index in [9.17, 15) is 71.2 Å². The first-order valence-electron chi connectivity index (χ1n) is 20.3. The summed E-state index contributed by atoms with van der Waals surface area (Å²) in [4.78, 5) is 12.6. The zero-order valence-corrected chi connectivity index (χ0v) is 36.0. The molecule has 0 saturated carbocycles. The van der Waals surface area contributed by atoms with E-state index in [1.165, 1.54) is 44.4 Å². The Labute approximate surface area is 385 Å². The van der Waals surface area contributed by atoms with E-state index in [1.54, 1.807) is 12.1 Å². The number of rotatable bonds is 13. The van der Waals surface area contributed by atoms with E-state index in [1.807, 2.05) is 0 Å². The number of methoxy groups -OCH3 is 1. The van der Waals surface area contributed by atoms with Crippen LogP contribution >= 0.6 is 0 Å². The fraction of sp³-hybridized carbons (Fsp3) is 0.442. The number of carbonyl (C=O) groups excluding carboxylic acids is 1. The molecule has 7 rings (SSSR count). The monoisotopic (exact) mass is 968 g/mol. The number of benzene rings is 3. The largest absolute Gasteiger partial charge is 1.00 e. The standard InChI is InChI=1S/C43H48O23.ClH/c1-16-39(66-29(48)8-5-17-3-6-19(45)7-4-17)35(54)38(57)41(60-16)59-15-28-32(51)34(53)37(56)43(65-28)63-26-13-21-23(61-40(26)18-9-22(47)30(49)25(10-18)58-2)11-20(46)12-24(21)62-42-36(55)33(52)31(50)27(14-44)64-42;/h3-13,16,27-28,31-39,41-44,50-57H,14-15H2,1-2H3,(H3-,45,46,47,48,49);1H/t16-,27+,28+,31+,32+,33-,34-,35-,36+,37+,38+,39-,41+,42+,43+;/m0./s1. The van der Waals surface area contributed by atoms with Crippen molar-refractivity contribution in [3.63, 3.8) is 0 Å². The van der Waals surface area contributed by atoms with Crippen LogP contribution in [0.3, 0.4) is 0 Å². The normalized spacial score (nSPS) is 32.1. The molecule has 0 spiro atoms. The average molecular weight is 969 g/mol. The molecule has 366 valence electrons. The summed E-state index contributed by atoms with van der Waals surface area (Å²) in [6.07, 6.45) is -23.0. The molecule has 23 nitrogen and oxygen atoms in total. The quantitative estimate of drug-likeness (QED) is 0.0261. The van der Waals surface area contributed by atoms with E-state index >= 15 is 0 Å². The van der Waals surface area contributed by atoms with Crippen LogP contribution in [0.1, 0.15) is 12.5 Å². The molecule has 3 aromatic carbocycles. The van der Waals surface area contributed by atoms with Gasteiger partial charge >= 0.3 is 17.3 Å². The van der Waals surface area contributed by atoms with Crippen LogP contribution in [-0.2, 0) is 28.5 Å². The SMILES string of the molecule is COc1cc(-c2[o+]c3cc(O)cc(O[C@@H]4O[C@H](CO)[C@@H](O)[C@H](O)[C@H]4O)c3cc2O[C@@H]2O[C@H](CO[C@@H]3O[C@@H](C)[C@H](OC(=O)/C=C/c4ccc(O)cc4)[C@@H](O)[C@H]3O)[C@@H](O)[C@H](O)[C@H]2O)cc(O)c1O.[Cl-]. The smallest absolute Gasteiger partial charge is 0.402 e. The second-order valence-electron chi connectivity index (χ2n) is 15.6. The van der Waals surface area contributed by atoms with Gasteiger partial charge in [-0.15, -0.1) is 0 Å². The highest BCUT2D eigenvalue weighted by Crippen LogP contribution is 2.46. The number of ether oxygens (including phenoxy) is 8. The highest BCUT2D eigenvalue weighted by atomic mass is 35.5. The van der Waals surface area contributed by atoms with Gasteiger partial charge in [0.05, 0.1) is 38.1 Å². The number of carbonyl (C=O) groups is 1. The van der Waals surface area contributed by atoms with Gasteiger partial charge in [0.1, 0.15) is 83.7 Å². The van der Waals surface area contributed by atoms with Gasteiger partial charge in [0.25, 0.3) is 0 Å². The molecule has 13 N–H and O–H groups in total. The maximum Gasteiger partial charge on any atom is 0.402 e. The third-order valence-electron chi connectivity index (χ3n) is 11.1. The van der Waals surface area contributed by atoms with Crippen LogP contribution in [-0.4, -0.2) is 185 Å². The van der Waals surface area contributed by atoms with Gasteiger partial charge in [-0.05, 0) is 30.7 Å². The lowest BCUT2D eigenvalue weighted by molar-refractivity contribution is -0.319. The van der Waals surface area contributed by atoms with Crippen molar-refractivity contribution < 1.29 is 126 Å². The van der Waals surface area contributed by atoms with Crippen molar-refractivity contribution in [2.75, 3.05) is 20.3 Å². The maximum atomic E-state index is 12.6. The van der Waals surface area contributed by atoms with Gasteiger partial charge in [-0.3, -0.25) is 0 Å². The number of aliphatic hydroxyl groups is 9. The molecule has 67 heavy (non-hydrogen) atoms. The highest BCUT2D eigenvalue weighted by Gasteiger charge is 2.50. The fourth-order valence-electron chi connectivity index (χ4n) is 7.42. The molecule has 0 bridgehead atoms. The topological polar surface area (TPSA) is 365 Å². The van der Waals surface area contributed by atoms with Crippen LogP contribution in [0.4, 0.5) is 0 Å². The summed E-state index contributed by atoms with van der Waals surface area (Å²) >= 11 is 0. The van der Waals surface area contributed by atoms with E-state index in [0.717, 1.165) is 24.3 Å². The summed E-state index contributed by atoms with van der Waals surface area (Å²) < 4.78 is 51.3. The fourth-order valence-corrected chi connectivity index (χ4v) is 7.42. The van der Waals surface area contributed by atoms with Gasteiger partial charge in [-0.1, -0.05) is 12.1 Å². The minimum absolute atomic E-state index is 0. The lowest BCUT2D eigenvalue weighted by Gasteiger charge is -2.42. The number of esters is 1. The molecule has 15 atom stereocenters. The van der Waals surface area contributed by atoms with Crippen molar-refractivity contribution in [3.8, 4) is 51.6 Å². The number of hydrogen-bond donors (Lipinski definition) is 13. The molecular formula is C43H49ClO23. The van der Waals surface area contributed by atoms with E-state index in [-0.39, 0.29) is 57.7 Å². The zero-order chi connectivity index (χ0) is 47.7. The molecule has 4 aromatic rings. The van der Waals surface area contributed by atoms with E-state index < -0.39 is 129 Å². The number of phenolic OH excluding ortho intramolecular Hbond substituents is 4. The molecule has 0 radical (unpaired) electrons. The number of aromatic hydroxyl groups is 4. The van der Waals surface area contributed by atoms with Crippen molar-refractivity contribution in [3.05, 3.63) is 66.2 Å². The maximum absolute atomic E-state index is 12.6. The molecule has 3 fully saturated rings. The Morgan fingerprint density at radius 1 is 0.687 bits per heavy atom. The first-order chi connectivity index (χ1) is 31.4. The minimum Gasteiger partial charge on any atom is -1.00 e. The van der Waals surface area contributed by atoms with Crippen molar-refractivity contribution in [1.29, 1.82) is 0 Å². The van der Waals surface area contributed by atoms with Crippen molar-refractivity contribution in [1.82, 2.24) is 0 Å². The summed E-state index contributed by atoms with van der Waals surface area (Å²) in [5, 5.41) is 137. The van der Waals surface area contributed by atoms with E-state index in [0.29, 0.717) is 5.56 Å². The molecule has 24 heteroatoms. The van der Waals surface area contributed by atoms with Gasteiger partial charge in [-0.2, -0.15) is 0 Å².